The van der Waals surface area contributed by atoms with E-state index in [1.54, 1.807) is 11.3 Å². The number of nitrogen functional groups attached to an aromatic ring is 1. The third-order valence-electron chi connectivity index (χ3n) is 1.82. The Hall–Kier alpha value is -1.36. The minimum Gasteiger partial charge on any atom is -0.365 e. The zero-order valence-corrected chi connectivity index (χ0v) is 8.18. The summed E-state index contributed by atoms with van der Waals surface area (Å²) in [5.41, 5.74) is 6.58. The summed E-state index contributed by atoms with van der Waals surface area (Å²) in [6, 6.07) is 2.02. The van der Waals surface area contributed by atoms with Crippen LogP contribution in [0.1, 0.15) is 10.4 Å². The molecule has 0 aliphatic carbocycles. The highest BCUT2D eigenvalue weighted by molar-refractivity contribution is 7.15. The quantitative estimate of drug-likeness (QED) is 0.755. The Bertz CT molecular complexity index is 413. The van der Waals surface area contributed by atoms with Crippen molar-refractivity contribution in [2.75, 3.05) is 5.73 Å². The second-order valence-electron chi connectivity index (χ2n) is 2.81. The van der Waals surface area contributed by atoms with Crippen molar-refractivity contribution in [3.8, 4) is 10.8 Å². The maximum absolute atomic E-state index is 5.35. The highest BCUT2D eigenvalue weighted by atomic mass is 32.1. The van der Waals surface area contributed by atoms with Gasteiger partial charge in [-0.3, -0.25) is 0 Å². The van der Waals surface area contributed by atoms with Gasteiger partial charge < -0.3 is 10.3 Å². The molecule has 2 aromatic heterocycles. The Morgan fingerprint density at radius 1 is 1.46 bits per heavy atom. The van der Waals surface area contributed by atoms with Gasteiger partial charge in [0.1, 0.15) is 0 Å². The van der Waals surface area contributed by atoms with Crippen LogP contribution < -0.4 is 5.73 Å². The fourth-order valence-corrected chi connectivity index (χ4v) is 1.97. The van der Waals surface area contributed by atoms with Gasteiger partial charge in [-0.1, -0.05) is 0 Å². The normalized spacial score (nSPS) is 10.6. The zero-order chi connectivity index (χ0) is 9.42. The van der Waals surface area contributed by atoms with E-state index in [0.717, 1.165) is 4.88 Å². The predicted octanol–water partition coefficient (Wildman–Crippen LogP) is 2.00. The number of nitrogens with two attached hydrogens (primary N) is 1. The van der Waals surface area contributed by atoms with Crippen LogP contribution in [0.2, 0.25) is 0 Å². The number of aromatic nitrogens is 2. The van der Waals surface area contributed by atoms with Crippen molar-refractivity contribution in [1.82, 2.24) is 10.1 Å². The van der Waals surface area contributed by atoms with Crippen LogP contribution in [0.15, 0.2) is 10.6 Å². The molecule has 0 spiro atoms. The molecule has 0 aliphatic heterocycles. The number of hydrogen-bond acceptors (Lipinski definition) is 5. The molecule has 0 aromatic carbocycles. The highest BCUT2D eigenvalue weighted by Gasteiger charge is 2.10. The molecule has 13 heavy (non-hydrogen) atoms. The monoisotopic (exact) mass is 195 g/mol. The molecule has 4 nitrogen and oxygen atoms in total. The van der Waals surface area contributed by atoms with E-state index in [1.807, 2.05) is 6.07 Å². The maximum atomic E-state index is 5.35. The molecule has 0 fully saturated rings. The second kappa shape index (κ2) is 2.85. The van der Waals surface area contributed by atoms with Crippen LogP contribution >= 0.6 is 11.3 Å². The molecule has 2 N–H and O–H groups in total. The molecule has 2 rings (SSSR count). The van der Waals surface area contributed by atoms with Gasteiger partial charge in [0.25, 0.3) is 11.8 Å². The van der Waals surface area contributed by atoms with E-state index in [2.05, 4.69) is 24.0 Å². The van der Waals surface area contributed by atoms with E-state index in [4.69, 9.17) is 10.3 Å². The van der Waals surface area contributed by atoms with E-state index in [1.165, 1.54) is 10.4 Å². The first kappa shape index (κ1) is 8.25. The minimum absolute atomic E-state index is 0.179. The van der Waals surface area contributed by atoms with Gasteiger partial charge in [-0.2, -0.15) is 4.98 Å². The molecule has 0 bridgehead atoms. The van der Waals surface area contributed by atoms with Gasteiger partial charge in [0.15, 0.2) is 0 Å². The molecule has 0 unspecified atom stereocenters. The Morgan fingerprint density at radius 3 is 2.69 bits per heavy atom. The summed E-state index contributed by atoms with van der Waals surface area (Å²) in [6.45, 7) is 4.11. The van der Waals surface area contributed by atoms with Crippen LogP contribution in [0.3, 0.4) is 0 Å². The number of anilines is 1. The largest absolute Gasteiger partial charge is 0.365 e. The minimum atomic E-state index is 0.179. The van der Waals surface area contributed by atoms with Crippen LogP contribution in [0.5, 0.6) is 0 Å². The van der Waals surface area contributed by atoms with Crippen molar-refractivity contribution in [1.29, 1.82) is 0 Å². The van der Waals surface area contributed by atoms with E-state index in [9.17, 15) is 0 Å². The summed E-state index contributed by atoms with van der Waals surface area (Å²) < 4.78 is 4.94. The lowest BCUT2D eigenvalue weighted by Gasteiger charge is -1.82. The summed E-state index contributed by atoms with van der Waals surface area (Å²) >= 11 is 1.63. The van der Waals surface area contributed by atoms with Crippen molar-refractivity contribution in [2.45, 2.75) is 13.8 Å². The van der Waals surface area contributed by atoms with Gasteiger partial charge in [0.05, 0.1) is 4.88 Å². The van der Waals surface area contributed by atoms with Gasteiger partial charge >= 0.3 is 0 Å². The van der Waals surface area contributed by atoms with Crippen molar-refractivity contribution in [2.24, 2.45) is 0 Å². The SMILES string of the molecule is Cc1cc(-c2nc(N)no2)sc1C. The van der Waals surface area contributed by atoms with Gasteiger partial charge in [0.2, 0.25) is 0 Å². The van der Waals surface area contributed by atoms with E-state index in [0.29, 0.717) is 5.89 Å². The lowest BCUT2D eigenvalue weighted by atomic mass is 10.3. The van der Waals surface area contributed by atoms with Crippen LogP contribution in [0.4, 0.5) is 5.95 Å². The molecule has 0 atom stereocenters. The summed E-state index contributed by atoms with van der Waals surface area (Å²) in [4.78, 5) is 6.17. The summed E-state index contributed by atoms with van der Waals surface area (Å²) in [7, 11) is 0. The topological polar surface area (TPSA) is 64.9 Å². The Kier molecular flexibility index (Phi) is 1.81. The maximum Gasteiger partial charge on any atom is 0.269 e. The third kappa shape index (κ3) is 1.42. The molecular weight excluding hydrogens is 186 g/mol. The molecule has 0 saturated heterocycles. The number of hydrogen-bond donors (Lipinski definition) is 1. The number of nitrogens with zero attached hydrogens (tertiary/aromatic N) is 2. The molecular formula is C8H9N3OS. The van der Waals surface area contributed by atoms with Crippen molar-refractivity contribution < 1.29 is 4.52 Å². The summed E-state index contributed by atoms with van der Waals surface area (Å²) in [5.74, 6) is 0.678. The fraction of sp³-hybridized carbons (Fsp3) is 0.250. The number of thiophene rings is 1. The Balaban J connectivity index is 2.46. The molecule has 68 valence electrons. The average molecular weight is 195 g/mol. The van der Waals surface area contributed by atoms with E-state index in [-0.39, 0.29) is 5.95 Å². The van der Waals surface area contributed by atoms with Crippen molar-refractivity contribution >= 4 is 17.3 Å². The molecule has 5 heteroatoms. The Morgan fingerprint density at radius 2 is 2.23 bits per heavy atom. The highest BCUT2D eigenvalue weighted by Crippen LogP contribution is 2.29. The smallest absolute Gasteiger partial charge is 0.269 e. The molecule has 0 aliphatic rings. The average Bonchev–Trinajstić information content (AvgIpc) is 2.61. The zero-order valence-electron chi connectivity index (χ0n) is 7.37. The van der Waals surface area contributed by atoms with Gasteiger partial charge in [-0.05, 0) is 30.6 Å². The lowest BCUT2D eigenvalue weighted by Crippen LogP contribution is -1.84. The van der Waals surface area contributed by atoms with Crippen molar-refractivity contribution in [3.63, 3.8) is 0 Å². The van der Waals surface area contributed by atoms with Gasteiger partial charge in [0, 0.05) is 4.88 Å². The Labute approximate surface area is 79.4 Å². The van der Waals surface area contributed by atoms with Crippen LogP contribution in [-0.4, -0.2) is 10.1 Å². The molecule has 2 heterocycles. The summed E-state index contributed by atoms with van der Waals surface area (Å²) in [6.07, 6.45) is 0. The van der Waals surface area contributed by atoms with E-state index >= 15 is 0 Å². The standard InChI is InChI=1S/C8H9N3OS/c1-4-3-6(13-5(4)2)7-10-8(9)11-12-7/h3H,1-2H3,(H2,9,11). The number of rotatable bonds is 1. The third-order valence-corrected chi connectivity index (χ3v) is 2.96. The molecule has 0 radical (unpaired) electrons. The molecule has 2 aromatic rings. The first-order chi connectivity index (χ1) is 6.16. The van der Waals surface area contributed by atoms with Crippen molar-refractivity contribution in [3.05, 3.63) is 16.5 Å². The van der Waals surface area contributed by atoms with Gasteiger partial charge in [-0.25, -0.2) is 0 Å². The van der Waals surface area contributed by atoms with Crippen LogP contribution in [-0.2, 0) is 0 Å². The lowest BCUT2D eigenvalue weighted by molar-refractivity contribution is 0.434. The molecule has 0 amide bonds. The second-order valence-corrected chi connectivity index (χ2v) is 4.06. The van der Waals surface area contributed by atoms with Gasteiger partial charge in [-0.15, -0.1) is 11.3 Å². The first-order valence-corrected chi connectivity index (χ1v) is 4.65. The van der Waals surface area contributed by atoms with Crippen LogP contribution in [0, 0.1) is 13.8 Å². The van der Waals surface area contributed by atoms with Crippen LogP contribution in [0.25, 0.3) is 10.8 Å². The summed E-state index contributed by atoms with van der Waals surface area (Å²) in [5, 5.41) is 3.53. The molecule has 0 saturated carbocycles. The van der Waals surface area contributed by atoms with E-state index < -0.39 is 0 Å². The predicted molar refractivity (Wildman–Crippen MR) is 51.5 cm³/mol. The fourth-order valence-electron chi connectivity index (χ4n) is 1.01. The first-order valence-electron chi connectivity index (χ1n) is 3.83. The number of aryl methyl sites for hydroxylation is 2.